The fraction of sp³-hybridized carbons (Fsp3) is 0.0588. The predicted octanol–water partition coefficient (Wildman–Crippen LogP) is 3.72. The van der Waals surface area contributed by atoms with Crippen LogP contribution in [-0.4, -0.2) is 11.0 Å². The fourth-order valence-electron chi connectivity index (χ4n) is 1.93. The van der Waals surface area contributed by atoms with Crippen molar-refractivity contribution >= 4 is 23.1 Å². The second-order valence-electron chi connectivity index (χ2n) is 4.59. The number of carbonyl (C=O) groups excluding carboxylic acids is 1. The van der Waals surface area contributed by atoms with Gasteiger partial charge in [-0.2, -0.15) is 0 Å². The van der Waals surface area contributed by atoms with Gasteiger partial charge in [-0.3, -0.25) is 0 Å². The van der Waals surface area contributed by atoms with Crippen LogP contribution in [0, 0.1) is 5.82 Å². The van der Waals surface area contributed by atoms with Gasteiger partial charge in [-0.25, -0.2) is 14.2 Å². The third-order valence-corrected chi connectivity index (χ3v) is 2.94. The van der Waals surface area contributed by atoms with Gasteiger partial charge in [-0.15, -0.1) is 0 Å². The van der Waals surface area contributed by atoms with Crippen molar-refractivity contribution in [2.45, 2.75) is 6.61 Å². The number of benzene rings is 2. The van der Waals surface area contributed by atoms with E-state index in [0.29, 0.717) is 17.0 Å². The van der Waals surface area contributed by atoms with Crippen LogP contribution in [0.5, 0.6) is 0 Å². The second-order valence-corrected chi connectivity index (χ2v) is 4.59. The highest BCUT2D eigenvalue weighted by atomic mass is 19.1. The molecular weight excluding hydrogens is 285 g/mol. The zero-order valence-electron chi connectivity index (χ0n) is 11.5. The van der Waals surface area contributed by atoms with E-state index < -0.39 is 5.97 Å². The first-order chi connectivity index (χ1) is 10.7. The number of halogens is 1. The molecule has 1 heterocycles. The van der Waals surface area contributed by atoms with Crippen LogP contribution < -0.4 is 0 Å². The van der Waals surface area contributed by atoms with Crippen molar-refractivity contribution in [2.24, 2.45) is 0 Å². The Morgan fingerprint density at radius 3 is 2.91 bits per heavy atom. The van der Waals surface area contributed by atoms with Gasteiger partial charge in [0.25, 0.3) is 0 Å². The van der Waals surface area contributed by atoms with Crippen LogP contribution in [0.3, 0.4) is 0 Å². The lowest BCUT2D eigenvalue weighted by Gasteiger charge is -2.01. The van der Waals surface area contributed by atoms with Crippen LogP contribution in [-0.2, 0) is 16.1 Å². The SMILES string of the molecule is O=C(/C=C/c1nc2ccccc2o1)OCc1cccc(F)c1. The van der Waals surface area contributed by atoms with Crippen LogP contribution in [0.4, 0.5) is 4.39 Å². The molecule has 22 heavy (non-hydrogen) atoms. The molecule has 1 aromatic heterocycles. The molecule has 110 valence electrons. The minimum absolute atomic E-state index is 0.00842. The van der Waals surface area contributed by atoms with Gasteiger partial charge >= 0.3 is 5.97 Å². The Morgan fingerprint density at radius 1 is 1.23 bits per heavy atom. The zero-order chi connectivity index (χ0) is 15.4. The molecule has 0 saturated carbocycles. The van der Waals surface area contributed by atoms with Crippen molar-refractivity contribution in [3.05, 3.63) is 71.9 Å². The highest BCUT2D eigenvalue weighted by Crippen LogP contribution is 2.15. The molecule has 0 N–H and O–H groups in total. The van der Waals surface area contributed by atoms with Crippen molar-refractivity contribution < 1.29 is 18.3 Å². The van der Waals surface area contributed by atoms with E-state index in [0.717, 1.165) is 5.52 Å². The predicted molar refractivity (Wildman–Crippen MR) is 79.2 cm³/mol. The molecule has 0 fully saturated rings. The molecular formula is C17H12FNO3. The molecule has 3 aromatic rings. The van der Waals surface area contributed by atoms with Crippen molar-refractivity contribution in [3.63, 3.8) is 0 Å². The summed E-state index contributed by atoms with van der Waals surface area (Å²) < 4.78 is 23.4. The molecule has 0 saturated heterocycles. The van der Waals surface area contributed by atoms with Crippen LogP contribution in [0.1, 0.15) is 11.5 Å². The minimum Gasteiger partial charge on any atom is -0.458 e. The number of ether oxygens (including phenoxy) is 1. The summed E-state index contributed by atoms with van der Waals surface area (Å²) in [5.41, 5.74) is 1.95. The average molecular weight is 297 g/mol. The number of oxazole rings is 1. The van der Waals surface area contributed by atoms with E-state index in [9.17, 15) is 9.18 Å². The first-order valence-corrected chi connectivity index (χ1v) is 6.65. The number of rotatable bonds is 4. The third kappa shape index (κ3) is 3.38. The van der Waals surface area contributed by atoms with Gasteiger partial charge in [0.05, 0.1) is 0 Å². The van der Waals surface area contributed by atoms with Crippen molar-refractivity contribution in [1.82, 2.24) is 4.98 Å². The van der Waals surface area contributed by atoms with Crippen LogP contribution in [0.2, 0.25) is 0 Å². The highest BCUT2D eigenvalue weighted by Gasteiger charge is 2.04. The van der Waals surface area contributed by atoms with Gasteiger partial charge < -0.3 is 9.15 Å². The zero-order valence-corrected chi connectivity index (χ0v) is 11.5. The lowest BCUT2D eigenvalue weighted by Crippen LogP contribution is -2.00. The number of fused-ring (bicyclic) bond motifs is 1. The number of esters is 1. The van der Waals surface area contributed by atoms with Gasteiger partial charge in [0.2, 0.25) is 5.89 Å². The summed E-state index contributed by atoms with van der Waals surface area (Å²) in [6.45, 7) is 0.00842. The van der Waals surface area contributed by atoms with Gasteiger partial charge in [-0.1, -0.05) is 24.3 Å². The second kappa shape index (κ2) is 6.22. The molecule has 0 atom stereocenters. The van der Waals surface area contributed by atoms with E-state index in [1.807, 2.05) is 18.2 Å². The van der Waals surface area contributed by atoms with Crippen molar-refractivity contribution in [3.8, 4) is 0 Å². The summed E-state index contributed by atoms with van der Waals surface area (Å²) >= 11 is 0. The van der Waals surface area contributed by atoms with E-state index in [1.165, 1.54) is 24.3 Å². The van der Waals surface area contributed by atoms with E-state index in [2.05, 4.69) is 4.98 Å². The van der Waals surface area contributed by atoms with Crippen LogP contribution in [0.25, 0.3) is 17.2 Å². The molecule has 0 unspecified atom stereocenters. The first kappa shape index (κ1) is 14.0. The Kier molecular flexibility index (Phi) is 3.96. The largest absolute Gasteiger partial charge is 0.458 e. The lowest BCUT2D eigenvalue weighted by molar-refractivity contribution is -0.138. The molecule has 0 aliphatic heterocycles. The van der Waals surface area contributed by atoms with E-state index >= 15 is 0 Å². The topological polar surface area (TPSA) is 52.3 Å². The van der Waals surface area contributed by atoms with Gasteiger partial charge in [0, 0.05) is 12.2 Å². The maximum absolute atomic E-state index is 13.0. The monoisotopic (exact) mass is 297 g/mol. The van der Waals surface area contributed by atoms with Crippen molar-refractivity contribution in [1.29, 1.82) is 0 Å². The van der Waals surface area contributed by atoms with Gasteiger partial charge in [0.1, 0.15) is 17.9 Å². The van der Waals surface area contributed by atoms with Crippen LogP contribution >= 0.6 is 0 Å². The molecule has 5 heteroatoms. The molecule has 0 spiro atoms. The summed E-state index contributed by atoms with van der Waals surface area (Å²) in [7, 11) is 0. The Labute approximate surface area is 125 Å². The summed E-state index contributed by atoms with van der Waals surface area (Å²) in [5, 5.41) is 0. The smallest absolute Gasteiger partial charge is 0.331 e. The summed E-state index contributed by atoms with van der Waals surface area (Å²) in [5.74, 6) is -0.592. The molecule has 2 aromatic carbocycles. The number of aromatic nitrogens is 1. The lowest BCUT2D eigenvalue weighted by atomic mass is 10.2. The van der Waals surface area contributed by atoms with Crippen molar-refractivity contribution in [2.75, 3.05) is 0 Å². The highest BCUT2D eigenvalue weighted by molar-refractivity contribution is 5.86. The summed E-state index contributed by atoms with van der Waals surface area (Å²) in [4.78, 5) is 15.8. The molecule has 4 nitrogen and oxygen atoms in total. The standard InChI is InChI=1S/C17H12FNO3/c18-13-5-3-4-12(10-13)11-21-17(20)9-8-16-19-14-6-1-2-7-15(14)22-16/h1-10H,11H2/b9-8+. The molecule has 3 rings (SSSR count). The summed E-state index contributed by atoms with van der Waals surface area (Å²) in [6.07, 6.45) is 2.66. The molecule has 0 bridgehead atoms. The molecule has 0 radical (unpaired) electrons. The Hall–Kier alpha value is -2.95. The molecule has 0 aliphatic rings. The maximum atomic E-state index is 13.0. The average Bonchev–Trinajstić information content (AvgIpc) is 2.94. The number of hydrogen-bond donors (Lipinski definition) is 0. The fourth-order valence-corrected chi connectivity index (χ4v) is 1.93. The Balaban J connectivity index is 1.61. The van der Waals surface area contributed by atoms with E-state index in [1.54, 1.807) is 18.2 Å². The maximum Gasteiger partial charge on any atom is 0.331 e. The number of carbonyl (C=O) groups is 1. The minimum atomic E-state index is -0.550. The normalized spacial score (nSPS) is 11.1. The number of para-hydroxylation sites is 2. The Morgan fingerprint density at radius 2 is 2.09 bits per heavy atom. The molecule has 0 amide bonds. The number of nitrogens with zero attached hydrogens (tertiary/aromatic N) is 1. The Bertz CT molecular complexity index is 806. The van der Waals surface area contributed by atoms with E-state index in [-0.39, 0.29) is 12.4 Å². The van der Waals surface area contributed by atoms with Gasteiger partial charge in [-0.05, 0) is 29.8 Å². The third-order valence-electron chi connectivity index (χ3n) is 2.94. The molecule has 0 aliphatic carbocycles. The van der Waals surface area contributed by atoms with Crippen LogP contribution in [0.15, 0.2) is 59.0 Å². The van der Waals surface area contributed by atoms with E-state index in [4.69, 9.17) is 9.15 Å². The summed E-state index contributed by atoms with van der Waals surface area (Å²) in [6, 6.07) is 13.2. The van der Waals surface area contributed by atoms with Gasteiger partial charge in [0.15, 0.2) is 5.58 Å². The number of hydrogen-bond acceptors (Lipinski definition) is 4. The quantitative estimate of drug-likeness (QED) is 0.544. The first-order valence-electron chi connectivity index (χ1n) is 6.65.